The van der Waals surface area contributed by atoms with Gasteiger partial charge >= 0.3 is 0 Å². The van der Waals surface area contributed by atoms with Crippen molar-refractivity contribution in [1.82, 2.24) is 15.2 Å². The Morgan fingerprint density at radius 2 is 1.74 bits per heavy atom. The van der Waals surface area contributed by atoms with E-state index in [0.717, 1.165) is 23.9 Å². The Morgan fingerprint density at radius 1 is 1.11 bits per heavy atom. The summed E-state index contributed by atoms with van der Waals surface area (Å²) in [7, 11) is 1.58. The normalized spacial score (nSPS) is 23.9. The minimum atomic E-state index is -0.199. The highest BCUT2D eigenvalue weighted by Gasteiger charge is 2.22. The van der Waals surface area contributed by atoms with Crippen LogP contribution in [0.5, 0.6) is 0 Å². The number of likely N-dealkylation sites (tertiary alicyclic amines) is 1. The topological polar surface area (TPSA) is 65.0 Å². The maximum Gasteiger partial charge on any atom is 0.267 e. The summed E-state index contributed by atoms with van der Waals surface area (Å²) >= 11 is 0. The molecule has 2 atom stereocenters. The fourth-order valence-corrected chi connectivity index (χ4v) is 4.06. The second-order valence-electron chi connectivity index (χ2n) is 8.10. The lowest BCUT2D eigenvalue weighted by atomic mass is 9.91. The van der Waals surface area contributed by atoms with Crippen molar-refractivity contribution >= 4 is 17.5 Å². The first kappa shape index (κ1) is 19.5. The van der Waals surface area contributed by atoms with Gasteiger partial charge in [-0.25, -0.2) is 5.01 Å². The fraction of sp³-hybridized carbons (Fsp3) is 0.571. The van der Waals surface area contributed by atoms with Gasteiger partial charge in [0, 0.05) is 46.1 Å². The highest BCUT2D eigenvalue weighted by atomic mass is 16.2. The van der Waals surface area contributed by atoms with Crippen molar-refractivity contribution in [3.05, 3.63) is 35.4 Å². The largest absolute Gasteiger partial charge is 0.347 e. The van der Waals surface area contributed by atoms with E-state index in [1.165, 1.54) is 30.1 Å². The Kier molecular flexibility index (Phi) is 6.26. The van der Waals surface area contributed by atoms with Gasteiger partial charge in [0.2, 0.25) is 5.91 Å². The van der Waals surface area contributed by atoms with Gasteiger partial charge in [-0.15, -0.1) is 0 Å². The highest BCUT2D eigenvalue weighted by molar-refractivity contribution is 6.39. The maximum atomic E-state index is 12.2. The first-order chi connectivity index (χ1) is 12.9. The molecule has 0 bridgehead atoms. The van der Waals surface area contributed by atoms with Crippen molar-refractivity contribution in [2.45, 2.75) is 46.2 Å². The van der Waals surface area contributed by atoms with Crippen LogP contribution in [0.25, 0.3) is 0 Å². The number of carbonyl (C=O) groups excluding carboxylic acids is 2. The standard InChI is InChI=1S/C21H30N4O2/c1-15-10-16(2)13-25(12-15)14-18-6-4-17(5-7-18)11-22-21(27)19-8-9-20(26)24(3)23-19/h4-7,15-16H,8-14H2,1-3H3,(H,22,27). The number of benzene rings is 1. The van der Waals surface area contributed by atoms with Crippen molar-refractivity contribution in [2.75, 3.05) is 20.1 Å². The second kappa shape index (κ2) is 8.65. The molecule has 146 valence electrons. The Balaban J connectivity index is 1.50. The van der Waals surface area contributed by atoms with Gasteiger partial charge in [-0.3, -0.25) is 14.5 Å². The van der Waals surface area contributed by atoms with Gasteiger partial charge in [0.05, 0.1) is 0 Å². The molecule has 6 nitrogen and oxygen atoms in total. The predicted molar refractivity (Wildman–Crippen MR) is 106 cm³/mol. The molecular weight excluding hydrogens is 340 g/mol. The summed E-state index contributed by atoms with van der Waals surface area (Å²) in [6.45, 7) is 8.45. The number of carbonyl (C=O) groups is 2. The molecule has 6 heteroatoms. The minimum Gasteiger partial charge on any atom is -0.347 e. The molecule has 1 aromatic rings. The zero-order valence-corrected chi connectivity index (χ0v) is 16.6. The maximum absolute atomic E-state index is 12.2. The molecule has 0 saturated carbocycles. The number of hydrogen-bond donors (Lipinski definition) is 1. The summed E-state index contributed by atoms with van der Waals surface area (Å²) in [4.78, 5) is 26.2. The lowest BCUT2D eigenvalue weighted by molar-refractivity contribution is -0.130. The number of nitrogens with zero attached hydrogens (tertiary/aromatic N) is 3. The summed E-state index contributed by atoms with van der Waals surface area (Å²) < 4.78 is 0. The Labute approximate surface area is 161 Å². The third-order valence-electron chi connectivity index (χ3n) is 5.30. The van der Waals surface area contributed by atoms with Crippen LogP contribution < -0.4 is 5.32 Å². The van der Waals surface area contributed by atoms with Crippen LogP contribution in [0.4, 0.5) is 0 Å². The Bertz CT molecular complexity index is 703. The summed E-state index contributed by atoms with van der Waals surface area (Å²) in [6.07, 6.45) is 2.07. The van der Waals surface area contributed by atoms with Crippen LogP contribution in [0.1, 0.15) is 44.2 Å². The molecule has 1 saturated heterocycles. The minimum absolute atomic E-state index is 0.0559. The fourth-order valence-electron chi connectivity index (χ4n) is 4.06. The van der Waals surface area contributed by atoms with E-state index in [2.05, 4.69) is 53.4 Å². The van der Waals surface area contributed by atoms with E-state index in [4.69, 9.17) is 0 Å². The van der Waals surface area contributed by atoms with E-state index < -0.39 is 0 Å². The molecule has 1 aromatic carbocycles. The van der Waals surface area contributed by atoms with Gasteiger partial charge in [0.1, 0.15) is 5.71 Å². The van der Waals surface area contributed by atoms with Gasteiger partial charge in [-0.1, -0.05) is 38.1 Å². The molecule has 3 rings (SSSR count). The number of nitrogens with one attached hydrogen (secondary N) is 1. The first-order valence-electron chi connectivity index (χ1n) is 9.83. The van der Waals surface area contributed by atoms with E-state index in [1.807, 2.05) is 0 Å². The molecule has 0 radical (unpaired) electrons. The van der Waals surface area contributed by atoms with Gasteiger partial charge < -0.3 is 5.32 Å². The van der Waals surface area contributed by atoms with Crippen molar-refractivity contribution < 1.29 is 9.59 Å². The van der Waals surface area contributed by atoms with Gasteiger partial charge in [-0.05, 0) is 29.4 Å². The lowest BCUT2D eigenvalue weighted by Crippen LogP contribution is -2.38. The molecule has 27 heavy (non-hydrogen) atoms. The van der Waals surface area contributed by atoms with E-state index in [0.29, 0.717) is 25.1 Å². The summed E-state index contributed by atoms with van der Waals surface area (Å²) in [6, 6.07) is 8.45. The predicted octanol–water partition coefficient (Wildman–Crippen LogP) is 2.39. The van der Waals surface area contributed by atoms with Crippen LogP contribution in [0, 0.1) is 11.8 Å². The zero-order valence-electron chi connectivity index (χ0n) is 16.6. The second-order valence-corrected chi connectivity index (χ2v) is 8.10. The third kappa shape index (κ3) is 5.39. The average molecular weight is 370 g/mol. The summed E-state index contributed by atoms with van der Waals surface area (Å²) in [5.41, 5.74) is 2.79. The smallest absolute Gasteiger partial charge is 0.267 e. The first-order valence-corrected chi connectivity index (χ1v) is 9.83. The average Bonchev–Trinajstić information content (AvgIpc) is 2.62. The monoisotopic (exact) mass is 370 g/mol. The van der Waals surface area contributed by atoms with Gasteiger partial charge in [0.25, 0.3) is 5.91 Å². The van der Waals surface area contributed by atoms with E-state index in [-0.39, 0.29) is 11.8 Å². The van der Waals surface area contributed by atoms with Crippen molar-refractivity contribution in [2.24, 2.45) is 16.9 Å². The van der Waals surface area contributed by atoms with Crippen molar-refractivity contribution in [3.8, 4) is 0 Å². The SMILES string of the molecule is CC1CC(C)CN(Cc2ccc(CNC(=O)C3=NN(C)C(=O)CC3)cc2)C1. The third-order valence-corrected chi connectivity index (χ3v) is 5.30. The number of piperidine rings is 1. The van der Waals surface area contributed by atoms with Crippen LogP contribution in [0.15, 0.2) is 29.4 Å². The van der Waals surface area contributed by atoms with Crippen molar-refractivity contribution in [1.29, 1.82) is 0 Å². The lowest BCUT2D eigenvalue weighted by Gasteiger charge is -2.35. The van der Waals surface area contributed by atoms with Gasteiger partial charge in [0.15, 0.2) is 0 Å². The molecule has 2 aliphatic heterocycles. The molecule has 2 unspecified atom stereocenters. The van der Waals surface area contributed by atoms with E-state index in [9.17, 15) is 9.59 Å². The molecule has 1 N–H and O–H groups in total. The molecule has 0 aliphatic carbocycles. The zero-order chi connectivity index (χ0) is 19.4. The number of hydrazone groups is 1. The van der Waals surface area contributed by atoms with Crippen LogP contribution in [0.3, 0.4) is 0 Å². The number of hydrogen-bond acceptors (Lipinski definition) is 4. The highest BCUT2D eigenvalue weighted by Crippen LogP contribution is 2.22. The van der Waals surface area contributed by atoms with Gasteiger partial charge in [-0.2, -0.15) is 5.10 Å². The van der Waals surface area contributed by atoms with Crippen LogP contribution in [0.2, 0.25) is 0 Å². The van der Waals surface area contributed by atoms with Crippen LogP contribution in [-0.4, -0.2) is 47.6 Å². The van der Waals surface area contributed by atoms with Crippen LogP contribution >= 0.6 is 0 Å². The van der Waals surface area contributed by atoms with Crippen LogP contribution in [-0.2, 0) is 22.7 Å². The molecule has 1 fully saturated rings. The summed E-state index contributed by atoms with van der Waals surface area (Å²) in [5.74, 6) is 1.27. The Morgan fingerprint density at radius 3 is 2.37 bits per heavy atom. The Hall–Kier alpha value is -2.21. The van der Waals surface area contributed by atoms with E-state index in [1.54, 1.807) is 7.05 Å². The molecule has 2 amide bonds. The number of amides is 2. The molecule has 0 spiro atoms. The van der Waals surface area contributed by atoms with Crippen molar-refractivity contribution in [3.63, 3.8) is 0 Å². The molecule has 2 aliphatic rings. The molecule has 2 heterocycles. The molecule has 0 aromatic heterocycles. The quantitative estimate of drug-likeness (QED) is 0.865. The summed E-state index contributed by atoms with van der Waals surface area (Å²) in [5, 5.41) is 8.19. The van der Waals surface area contributed by atoms with E-state index >= 15 is 0 Å². The molecular formula is C21H30N4O2. The number of rotatable bonds is 5.